The number of thioether (sulfide) groups is 1. The molecule has 0 radical (unpaired) electrons. The maximum atomic E-state index is 12.3. The van der Waals surface area contributed by atoms with Gasteiger partial charge in [0, 0.05) is 11.6 Å². The summed E-state index contributed by atoms with van der Waals surface area (Å²) in [6.45, 7) is 0. The summed E-state index contributed by atoms with van der Waals surface area (Å²) in [4.78, 5) is 28.3. The number of carboxylic acid groups (broad SMARTS) is 1. The lowest BCUT2D eigenvalue weighted by atomic mass is 10.1. The number of benzene rings is 2. The van der Waals surface area contributed by atoms with Crippen LogP contribution in [0.2, 0.25) is 0 Å². The molecule has 1 aliphatic rings. The van der Waals surface area contributed by atoms with Crippen LogP contribution in [0.25, 0.3) is 17.4 Å². The lowest BCUT2D eigenvalue weighted by molar-refractivity contribution is -0.115. The van der Waals surface area contributed by atoms with Crippen molar-refractivity contribution in [2.45, 2.75) is 0 Å². The largest absolute Gasteiger partial charge is 0.494 e. The smallest absolute Gasteiger partial charge is 0.335 e. The highest BCUT2D eigenvalue weighted by Crippen LogP contribution is 2.32. The van der Waals surface area contributed by atoms with Crippen molar-refractivity contribution in [2.24, 2.45) is 4.99 Å². The molecule has 1 aliphatic heterocycles. The number of furan rings is 1. The van der Waals surface area contributed by atoms with Crippen LogP contribution in [0.5, 0.6) is 5.75 Å². The van der Waals surface area contributed by atoms with Gasteiger partial charge in [0.15, 0.2) is 5.17 Å². The molecule has 7 nitrogen and oxygen atoms in total. The molecule has 0 unspecified atom stereocenters. The van der Waals surface area contributed by atoms with E-state index in [2.05, 4.69) is 10.3 Å². The summed E-state index contributed by atoms with van der Waals surface area (Å²) in [5.41, 5.74) is 1.43. The Bertz CT molecular complexity index is 1200. The molecule has 150 valence electrons. The molecule has 1 saturated heterocycles. The zero-order chi connectivity index (χ0) is 21.1. The topological polar surface area (TPSA) is 101 Å². The number of carbonyl (C=O) groups is 2. The van der Waals surface area contributed by atoms with E-state index in [1.54, 1.807) is 49.6 Å². The fourth-order valence-electron chi connectivity index (χ4n) is 2.83. The number of rotatable bonds is 5. The third-order valence-electron chi connectivity index (χ3n) is 4.25. The summed E-state index contributed by atoms with van der Waals surface area (Å²) in [6, 6.07) is 17.2. The van der Waals surface area contributed by atoms with Crippen LogP contribution in [0.4, 0.5) is 5.69 Å². The van der Waals surface area contributed by atoms with Gasteiger partial charge in [0.1, 0.15) is 23.0 Å². The summed E-state index contributed by atoms with van der Waals surface area (Å²) in [5, 5.41) is 12.3. The first-order chi connectivity index (χ1) is 14.5. The van der Waals surface area contributed by atoms with Gasteiger partial charge in [-0.05, 0) is 48.2 Å². The number of amidine groups is 1. The van der Waals surface area contributed by atoms with Crippen molar-refractivity contribution in [1.29, 1.82) is 0 Å². The number of carbonyl (C=O) groups excluding carboxylic acids is 1. The number of methoxy groups -OCH3 is 1. The van der Waals surface area contributed by atoms with Crippen molar-refractivity contribution in [3.8, 4) is 17.1 Å². The van der Waals surface area contributed by atoms with Gasteiger partial charge in [-0.15, -0.1) is 0 Å². The molecule has 0 atom stereocenters. The minimum atomic E-state index is -1.01. The van der Waals surface area contributed by atoms with Gasteiger partial charge in [0.05, 0.1) is 17.6 Å². The van der Waals surface area contributed by atoms with Crippen molar-refractivity contribution in [1.82, 2.24) is 5.32 Å². The Hall–Kier alpha value is -3.78. The Morgan fingerprint density at radius 3 is 2.80 bits per heavy atom. The van der Waals surface area contributed by atoms with Gasteiger partial charge >= 0.3 is 5.97 Å². The highest BCUT2D eigenvalue weighted by Gasteiger charge is 2.24. The fraction of sp³-hybridized carbons (Fsp3) is 0.0455. The second-order valence-electron chi connectivity index (χ2n) is 6.24. The molecule has 0 spiro atoms. The van der Waals surface area contributed by atoms with Gasteiger partial charge in [0.2, 0.25) is 0 Å². The molecule has 0 bridgehead atoms. The summed E-state index contributed by atoms with van der Waals surface area (Å²) < 4.78 is 11.1. The van der Waals surface area contributed by atoms with Crippen molar-refractivity contribution in [3.05, 3.63) is 76.9 Å². The maximum absolute atomic E-state index is 12.3. The van der Waals surface area contributed by atoms with Crippen LogP contribution in [0, 0.1) is 0 Å². The first kappa shape index (κ1) is 19.5. The first-order valence-corrected chi connectivity index (χ1v) is 9.71. The molecule has 1 aromatic heterocycles. The van der Waals surface area contributed by atoms with E-state index in [9.17, 15) is 9.59 Å². The second-order valence-corrected chi connectivity index (χ2v) is 7.27. The minimum Gasteiger partial charge on any atom is -0.494 e. The van der Waals surface area contributed by atoms with Crippen LogP contribution in [-0.2, 0) is 4.79 Å². The van der Waals surface area contributed by atoms with Crippen LogP contribution in [0.1, 0.15) is 16.1 Å². The quantitative estimate of drug-likeness (QED) is 0.588. The van der Waals surface area contributed by atoms with Crippen molar-refractivity contribution >= 4 is 40.6 Å². The number of aromatic carboxylic acids is 1. The van der Waals surface area contributed by atoms with E-state index in [-0.39, 0.29) is 11.5 Å². The van der Waals surface area contributed by atoms with Crippen molar-refractivity contribution in [3.63, 3.8) is 0 Å². The predicted molar refractivity (Wildman–Crippen MR) is 115 cm³/mol. The number of ether oxygens (including phenoxy) is 1. The number of para-hydroxylation sites is 2. The van der Waals surface area contributed by atoms with E-state index in [1.807, 2.05) is 12.1 Å². The number of aliphatic imine (C=N–C) groups is 1. The molecule has 2 aromatic carbocycles. The molecule has 1 amide bonds. The summed E-state index contributed by atoms with van der Waals surface area (Å²) in [5.74, 6) is 0.306. The number of nitrogens with one attached hydrogen (secondary N) is 1. The number of nitrogens with zero attached hydrogens (tertiary/aromatic N) is 1. The van der Waals surface area contributed by atoms with Gasteiger partial charge < -0.3 is 19.6 Å². The van der Waals surface area contributed by atoms with E-state index in [4.69, 9.17) is 14.3 Å². The average Bonchev–Trinajstić information content (AvgIpc) is 3.35. The van der Waals surface area contributed by atoms with Crippen molar-refractivity contribution < 1.29 is 23.8 Å². The number of hydrogen-bond acceptors (Lipinski definition) is 6. The Morgan fingerprint density at radius 1 is 1.17 bits per heavy atom. The van der Waals surface area contributed by atoms with Crippen LogP contribution >= 0.6 is 11.8 Å². The van der Waals surface area contributed by atoms with Crippen LogP contribution in [0.15, 0.2) is 75.0 Å². The molecule has 8 heteroatoms. The summed E-state index contributed by atoms with van der Waals surface area (Å²) >= 11 is 1.20. The Labute approximate surface area is 176 Å². The molecule has 0 saturated carbocycles. The molecule has 2 heterocycles. The molecule has 3 aromatic rings. The van der Waals surface area contributed by atoms with E-state index in [0.717, 1.165) is 0 Å². The molecule has 30 heavy (non-hydrogen) atoms. The Balaban J connectivity index is 1.56. The van der Waals surface area contributed by atoms with Gasteiger partial charge in [-0.2, -0.15) is 0 Å². The monoisotopic (exact) mass is 420 g/mol. The zero-order valence-electron chi connectivity index (χ0n) is 15.8. The van der Waals surface area contributed by atoms with Gasteiger partial charge in [-0.25, -0.2) is 9.79 Å². The average molecular weight is 420 g/mol. The van der Waals surface area contributed by atoms with Gasteiger partial charge in [0.25, 0.3) is 5.91 Å². The van der Waals surface area contributed by atoms with E-state index in [0.29, 0.717) is 38.6 Å². The fourth-order valence-corrected chi connectivity index (χ4v) is 3.65. The third-order valence-corrected chi connectivity index (χ3v) is 5.16. The normalized spacial score (nSPS) is 16.1. The zero-order valence-corrected chi connectivity index (χ0v) is 16.6. The van der Waals surface area contributed by atoms with E-state index >= 15 is 0 Å². The lowest BCUT2D eigenvalue weighted by Crippen LogP contribution is -2.19. The molecule has 0 aliphatic carbocycles. The number of hydrogen-bond donors (Lipinski definition) is 2. The molecule has 4 rings (SSSR count). The highest BCUT2D eigenvalue weighted by molar-refractivity contribution is 8.18. The third kappa shape index (κ3) is 4.13. The van der Waals surface area contributed by atoms with E-state index in [1.165, 1.54) is 23.9 Å². The minimum absolute atomic E-state index is 0.173. The van der Waals surface area contributed by atoms with Gasteiger partial charge in [-0.1, -0.05) is 24.3 Å². The van der Waals surface area contributed by atoms with Crippen LogP contribution < -0.4 is 10.1 Å². The standard InChI is InChI=1S/C22H16N2O5S/c1-28-18-8-3-2-7-16(18)23-22-24-20(25)19(30-22)12-15-9-10-17(29-15)13-5-4-6-14(11-13)21(26)27/h2-12H,1H3,(H,26,27)(H,23,24,25)/b19-12-. The SMILES string of the molecule is COc1ccccc1N=C1NC(=O)/C(=C/c2ccc(-c3cccc(C(=O)O)c3)o2)S1. The Morgan fingerprint density at radius 2 is 2.00 bits per heavy atom. The number of amides is 1. The van der Waals surface area contributed by atoms with Crippen molar-refractivity contribution in [2.75, 3.05) is 7.11 Å². The van der Waals surface area contributed by atoms with E-state index < -0.39 is 5.97 Å². The molecular weight excluding hydrogens is 404 g/mol. The second kappa shape index (κ2) is 8.30. The molecule has 2 N–H and O–H groups in total. The summed E-state index contributed by atoms with van der Waals surface area (Å²) in [6.07, 6.45) is 1.62. The van der Waals surface area contributed by atoms with Crippen LogP contribution in [-0.4, -0.2) is 29.3 Å². The van der Waals surface area contributed by atoms with Gasteiger partial charge in [-0.3, -0.25) is 4.79 Å². The predicted octanol–water partition coefficient (Wildman–Crippen LogP) is 4.55. The molecular formula is C22H16N2O5S. The summed E-state index contributed by atoms with van der Waals surface area (Å²) in [7, 11) is 1.56. The maximum Gasteiger partial charge on any atom is 0.335 e. The number of carboxylic acids is 1. The first-order valence-electron chi connectivity index (χ1n) is 8.89. The molecule has 1 fully saturated rings. The highest BCUT2D eigenvalue weighted by atomic mass is 32.2. The lowest BCUT2D eigenvalue weighted by Gasteiger charge is -2.03. The van der Waals surface area contributed by atoms with Crippen LogP contribution in [0.3, 0.4) is 0 Å². The Kier molecular flexibility index (Phi) is 5.40.